The molecule has 2 aliphatic rings. The number of benzene rings is 1. The summed E-state index contributed by atoms with van der Waals surface area (Å²) >= 11 is 0. The number of nitrogens with zero attached hydrogens (tertiary/aromatic N) is 3. The Morgan fingerprint density at radius 3 is 2.63 bits per heavy atom. The van der Waals surface area contributed by atoms with Crippen molar-refractivity contribution < 1.29 is 17.6 Å². The van der Waals surface area contributed by atoms with Gasteiger partial charge in [-0.05, 0) is 49.4 Å². The molecule has 0 radical (unpaired) electrons. The van der Waals surface area contributed by atoms with Crippen molar-refractivity contribution in [2.75, 3.05) is 46.3 Å². The molecule has 1 heterocycles. The van der Waals surface area contributed by atoms with E-state index in [1.165, 1.54) is 11.0 Å². The maximum Gasteiger partial charge on any atom is 0.401 e. The lowest BCUT2D eigenvalue weighted by atomic mass is 9.96. The second kappa shape index (κ2) is 10.5. The second-order valence-electron chi connectivity index (χ2n) is 8.24. The molecule has 1 saturated heterocycles. The first-order chi connectivity index (χ1) is 13.7. The van der Waals surface area contributed by atoms with Crippen LogP contribution < -0.4 is 5.32 Å². The van der Waals surface area contributed by atoms with Gasteiger partial charge in [-0.1, -0.05) is 19.1 Å². The molecule has 1 saturated carbocycles. The molecule has 1 aromatic carbocycles. The van der Waals surface area contributed by atoms with Crippen LogP contribution in [-0.2, 0) is 5.41 Å². The Bertz CT molecular complexity index is 721. The Morgan fingerprint density at radius 1 is 1.33 bits per heavy atom. The van der Waals surface area contributed by atoms with E-state index in [4.69, 9.17) is 0 Å². The van der Waals surface area contributed by atoms with Crippen LogP contribution in [0.1, 0.15) is 31.7 Å². The zero-order valence-corrected chi connectivity index (χ0v) is 19.8. The number of hydrogen-bond donors (Lipinski definition) is 1. The van der Waals surface area contributed by atoms with Crippen LogP contribution in [0, 0.1) is 11.7 Å². The van der Waals surface area contributed by atoms with Crippen LogP contribution in [0.2, 0.25) is 0 Å². The zero-order chi connectivity index (χ0) is 21.1. The third kappa shape index (κ3) is 6.70. The third-order valence-corrected chi connectivity index (χ3v) is 6.04. The van der Waals surface area contributed by atoms with E-state index in [2.05, 4.69) is 15.2 Å². The summed E-state index contributed by atoms with van der Waals surface area (Å²) in [7, 11) is 1.72. The molecule has 1 atom stereocenters. The predicted molar refractivity (Wildman–Crippen MR) is 122 cm³/mol. The first-order valence-electron chi connectivity index (χ1n) is 10.3. The second-order valence-corrected chi connectivity index (χ2v) is 8.24. The van der Waals surface area contributed by atoms with E-state index in [0.717, 1.165) is 37.3 Å². The van der Waals surface area contributed by atoms with Crippen molar-refractivity contribution in [3.8, 4) is 0 Å². The molecule has 1 N–H and O–H groups in total. The molecule has 170 valence electrons. The molecule has 4 nitrogen and oxygen atoms in total. The summed E-state index contributed by atoms with van der Waals surface area (Å²) in [5, 5.41) is 3.42. The smallest absolute Gasteiger partial charge is 0.355 e. The minimum atomic E-state index is -4.17. The predicted octanol–water partition coefficient (Wildman–Crippen LogP) is 4.26. The maximum atomic E-state index is 13.6. The molecule has 1 aromatic rings. The average Bonchev–Trinajstić information content (AvgIpc) is 3.32. The van der Waals surface area contributed by atoms with E-state index in [9.17, 15) is 17.6 Å². The van der Waals surface area contributed by atoms with Crippen LogP contribution in [0.3, 0.4) is 0 Å². The van der Waals surface area contributed by atoms with Gasteiger partial charge in [0, 0.05) is 38.6 Å². The van der Waals surface area contributed by atoms with E-state index in [0.29, 0.717) is 26.2 Å². The first-order valence-corrected chi connectivity index (χ1v) is 10.3. The van der Waals surface area contributed by atoms with Gasteiger partial charge in [-0.25, -0.2) is 4.39 Å². The van der Waals surface area contributed by atoms with Crippen LogP contribution >= 0.6 is 24.0 Å². The van der Waals surface area contributed by atoms with Gasteiger partial charge in [-0.3, -0.25) is 9.89 Å². The summed E-state index contributed by atoms with van der Waals surface area (Å²) in [5.74, 6) is 0.739. The molecule has 0 aromatic heterocycles. The highest BCUT2D eigenvalue weighted by atomic mass is 127. The molecule has 0 amide bonds. The van der Waals surface area contributed by atoms with Crippen molar-refractivity contribution in [1.29, 1.82) is 0 Å². The number of guanidine groups is 1. The Balaban J connectivity index is 0.00000320. The summed E-state index contributed by atoms with van der Waals surface area (Å²) in [6, 6.07) is 6.76. The van der Waals surface area contributed by atoms with Gasteiger partial charge >= 0.3 is 6.18 Å². The topological polar surface area (TPSA) is 30.9 Å². The van der Waals surface area contributed by atoms with E-state index >= 15 is 0 Å². The zero-order valence-electron chi connectivity index (χ0n) is 17.5. The summed E-state index contributed by atoms with van der Waals surface area (Å²) in [6.45, 7) is 3.89. The van der Waals surface area contributed by atoms with Crippen molar-refractivity contribution in [3.05, 3.63) is 35.6 Å². The van der Waals surface area contributed by atoms with Gasteiger partial charge in [0.25, 0.3) is 0 Å². The van der Waals surface area contributed by atoms with Crippen molar-refractivity contribution in [2.45, 2.75) is 37.8 Å². The molecular formula is C21H31F4IN4. The Kier molecular flexibility index (Phi) is 8.79. The number of halogens is 5. The number of alkyl halides is 3. The number of aliphatic imine (C=N–C) groups is 1. The van der Waals surface area contributed by atoms with Gasteiger partial charge in [0.15, 0.2) is 5.96 Å². The molecule has 1 aliphatic heterocycles. The number of rotatable bonds is 7. The monoisotopic (exact) mass is 542 g/mol. The van der Waals surface area contributed by atoms with Crippen molar-refractivity contribution in [1.82, 2.24) is 15.1 Å². The van der Waals surface area contributed by atoms with Crippen LogP contribution in [0.5, 0.6) is 0 Å². The Hall–Kier alpha value is -1.10. The van der Waals surface area contributed by atoms with Crippen LogP contribution in [0.4, 0.5) is 17.6 Å². The molecule has 2 fully saturated rings. The van der Waals surface area contributed by atoms with E-state index in [-0.39, 0.29) is 41.1 Å². The van der Waals surface area contributed by atoms with Crippen molar-refractivity contribution >= 4 is 29.9 Å². The fourth-order valence-corrected chi connectivity index (χ4v) is 4.22. The number of nitrogens with one attached hydrogen (secondary N) is 1. The lowest BCUT2D eigenvalue weighted by Gasteiger charge is -2.27. The van der Waals surface area contributed by atoms with Crippen molar-refractivity contribution in [3.63, 3.8) is 0 Å². The standard InChI is InChI=1S/C21H30F4N4.HI/c1-3-28(15-21(23,24)25)12-16-7-10-29(13-16)19(26-2)27-14-20(8-9-20)17-5-4-6-18(22)11-17;/h4-6,11,16H,3,7-10,12-15H2,1-2H3,(H,26,27);1H. The lowest BCUT2D eigenvalue weighted by Crippen LogP contribution is -2.44. The summed E-state index contributed by atoms with van der Waals surface area (Å²) < 4.78 is 51.7. The van der Waals surface area contributed by atoms with Crippen LogP contribution in [0.15, 0.2) is 29.3 Å². The highest BCUT2D eigenvalue weighted by molar-refractivity contribution is 14.0. The van der Waals surface area contributed by atoms with Gasteiger partial charge in [-0.15, -0.1) is 24.0 Å². The van der Waals surface area contributed by atoms with Gasteiger partial charge in [0.2, 0.25) is 0 Å². The fraction of sp³-hybridized carbons (Fsp3) is 0.667. The number of likely N-dealkylation sites (tertiary alicyclic amines) is 1. The Labute approximate surface area is 193 Å². The van der Waals surface area contributed by atoms with E-state index in [1.807, 2.05) is 6.07 Å². The Morgan fingerprint density at radius 2 is 2.07 bits per heavy atom. The normalized spacial score (nSPS) is 21.0. The molecule has 30 heavy (non-hydrogen) atoms. The quantitative estimate of drug-likeness (QED) is 0.242. The largest absolute Gasteiger partial charge is 0.401 e. The van der Waals surface area contributed by atoms with Crippen LogP contribution in [0.25, 0.3) is 0 Å². The minimum Gasteiger partial charge on any atom is -0.355 e. The molecular weight excluding hydrogens is 511 g/mol. The van der Waals surface area contributed by atoms with Crippen molar-refractivity contribution in [2.24, 2.45) is 10.9 Å². The molecule has 1 unspecified atom stereocenters. The average molecular weight is 542 g/mol. The van der Waals surface area contributed by atoms with Gasteiger partial charge in [0.05, 0.1) is 6.54 Å². The first kappa shape index (κ1) is 25.2. The molecule has 1 aliphatic carbocycles. The summed E-state index contributed by atoms with van der Waals surface area (Å²) in [6.07, 6.45) is -1.30. The highest BCUT2D eigenvalue weighted by Gasteiger charge is 2.44. The lowest BCUT2D eigenvalue weighted by molar-refractivity contribution is -0.146. The molecule has 0 spiro atoms. The SMILES string of the molecule is CCN(CC1CCN(C(=NC)NCC2(c3cccc(F)c3)CC2)C1)CC(F)(F)F.I. The highest BCUT2D eigenvalue weighted by Crippen LogP contribution is 2.47. The third-order valence-electron chi connectivity index (χ3n) is 6.04. The van der Waals surface area contributed by atoms with Gasteiger partial charge in [-0.2, -0.15) is 13.2 Å². The summed E-state index contributed by atoms with van der Waals surface area (Å²) in [5.41, 5.74) is 0.952. The number of hydrogen-bond acceptors (Lipinski definition) is 2. The minimum absolute atomic E-state index is 0. The molecule has 0 bridgehead atoms. The summed E-state index contributed by atoms with van der Waals surface area (Å²) in [4.78, 5) is 7.95. The van der Waals surface area contributed by atoms with Gasteiger partial charge in [0.1, 0.15) is 5.82 Å². The van der Waals surface area contributed by atoms with Gasteiger partial charge < -0.3 is 10.2 Å². The molecule has 3 rings (SSSR count). The molecule has 9 heteroatoms. The maximum absolute atomic E-state index is 13.6. The van der Waals surface area contributed by atoms with Crippen LogP contribution in [-0.4, -0.2) is 68.3 Å². The van der Waals surface area contributed by atoms with E-state index < -0.39 is 12.7 Å². The fourth-order valence-electron chi connectivity index (χ4n) is 4.22. The van der Waals surface area contributed by atoms with E-state index in [1.54, 1.807) is 26.1 Å².